The van der Waals surface area contributed by atoms with Gasteiger partial charge in [0.25, 0.3) is 0 Å². The molecule has 0 atom stereocenters. The number of Topliss-reactive ketones (excluding diaryl/α,β-unsaturated/α-hetero) is 1. The second-order valence-corrected chi connectivity index (χ2v) is 8.20. The van der Waals surface area contributed by atoms with Crippen molar-refractivity contribution in [2.75, 3.05) is 19.7 Å². The maximum atomic E-state index is 12.3. The highest BCUT2D eigenvalue weighted by molar-refractivity contribution is 5.81. The van der Waals surface area contributed by atoms with Crippen LogP contribution in [0.1, 0.15) is 65.4 Å². The summed E-state index contributed by atoms with van der Waals surface area (Å²) in [6.45, 7) is 10.5. The number of piperidine rings is 1. The number of ether oxygens (including phenoxy) is 1. The molecule has 0 radical (unpaired) electrons. The fraction of sp³-hybridized carbons (Fsp3) is 0.636. The number of amides is 1. The van der Waals surface area contributed by atoms with E-state index in [0.29, 0.717) is 44.7 Å². The van der Waals surface area contributed by atoms with Crippen LogP contribution < -0.4 is 4.74 Å². The summed E-state index contributed by atoms with van der Waals surface area (Å²) in [7, 11) is 0. The van der Waals surface area contributed by atoms with Crippen LogP contribution in [-0.2, 0) is 15.0 Å². The van der Waals surface area contributed by atoms with Crippen LogP contribution in [0.3, 0.4) is 0 Å². The van der Waals surface area contributed by atoms with Crippen LogP contribution in [0, 0.1) is 5.92 Å². The van der Waals surface area contributed by atoms with Crippen LogP contribution in [0.25, 0.3) is 0 Å². The van der Waals surface area contributed by atoms with Crippen molar-refractivity contribution in [2.24, 2.45) is 5.92 Å². The molecule has 1 aromatic carbocycles. The molecule has 4 nitrogen and oxygen atoms in total. The van der Waals surface area contributed by atoms with Gasteiger partial charge in [-0.3, -0.25) is 9.59 Å². The summed E-state index contributed by atoms with van der Waals surface area (Å²) < 4.78 is 5.76. The second-order valence-electron chi connectivity index (χ2n) is 8.20. The van der Waals surface area contributed by atoms with Crippen LogP contribution in [0.4, 0.5) is 0 Å². The Balaban J connectivity index is 1.67. The molecular weight excluding hydrogens is 326 g/mol. The van der Waals surface area contributed by atoms with Crippen molar-refractivity contribution < 1.29 is 14.3 Å². The third-order valence-electron chi connectivity index (χ3n) is 5.18. The summed E-state index contributed by atoms with van der Waals surface area (Å²) in [5.41, 5.74) is 1.42. The average molecular weight is 360 g/mol. The quantitative estimate of drug-likeness (QED) is 0.680. The van der Waals surface area contributed by atoms with Gasteiger partial charge in [0.1, 0.15) is 11.5 Å². The highest BCUT2D eigenvalue weighted by atomic mass is 16.5. The van der Waals surface area contributed by atoms with Crippen LogP contribution in [0.5, 0.6) is 5.75 Å². The molecule has 2 rings (SSSR count). The van der Waals surface area contributed by atoms with E-state index >= 15 is 0 Å². The van der Waals surface area contributed by atoms with Gasteiger partial charge in [-0.1, -0.05) is 39.8 Å². The van der Waals surface area contributed by atoms with Crippen LogP contribution in [-0.4, -0.2) is 36.3 Å². The molecule has 26 heavy (non-hydrogen) atoms. The average Bonchev–Trinajstić information content (AvgIpc) is 2.64. The molecule has 4 heteroatoms. The molecule has 0 unspecified atom stereocenters. The molecule has 144 valence electrons. The van der Waals surface area contributed by atoms with Crippen molar-refractivity contribution in [1.82, 2.24) is 4.90 Å². The largest absolute Gasteiger partial charge is 0.494 e. The molecule has 0 spiro atoms. The molecule has 1 aliphatic heterocycles. The number of rotatable bonds is 7. The van der Waals surface area contributed by atoms with Crippen LogP contribution >= 0.6 is 0 Å². The monoisotopic (exact) mass is 359 g/mol. The lowest BCUT2D eigenvalue weighted by molar-refractivity contribution is -0.135. The Labute approximate surface area is 157 Å². The highest BCUT2D eigenvalue weighted by Crippen LogP contribution is 2.24. The molecule has 1 aliphatic rings. The number of benzene rings is 1. The summed E-state index contributed by atoms with van der Waals surface area (Å²) in [6.07, 6.45) is 3.46. The minimum atomic E-state index is 0.139. The fourth-order valence-corrected chi connectivity index (χ4v) is 3.36. The first-order chi connectivity index (χ1) is 12.3. The molecule has 1 aromatic rings. The van der Waals surface area contributed by atoms with Gasteiger partial charge in [-0.15, -0.1) is 0 Å². The Kier molecular flexibility index (Phi) is 7.24. The predicted molar refractivity (Wildman–Crippen MR) is 104 cm³/mol. The van der Waals surface area contributed by atoms with E-state index in [1.54, 1.807) is 0 Å². The lowest BCUT2D eigenvalue weighted by Crippen LogP contribution is -2.40. The summed E-state index contributed by atoms with van der Waals surface area (Å²) in [5, 5.41) is 0. The van der Waals surface area contributed by atoms with Crippen LogP contribution in [0.15, 0.2) is 24.3 Å². The Bertz CT molecular complexity index is 593. The van der Waals surface area contributed by atoms with Gasteiger partial charge in [-0.05, 0) is 42.4 Å². The summed E-state index contributed by atoms with van der Waals surface area (Å²) in [4.78, 5) is 25.9. The van der Waals surface area contributed by atoms with Gasteiger partial charge in [0.15, 0.2) is 0 Å². The van der Waals surface area contributed by atoms with E-state index in [2.05, 4.69) is 32.9 Å². The molecule has 0 aromatic heterocycles. The maximum absolute atomic E-state index is 12.3. The zero-order chi connectivity index (χ0) is 19.2. The Morgan fingerprint density at radius 1 is 1.12 bits per heavy atom. The molecule has 0 saturated carbocycles. The number of likely N-dealkylation sites (tertiary alicyclic amines) is 1. The van der Waals surface area contributed by atoms with Crippen molar-refractivity contribution >= 4 is 11.7 Å². The number of ketones is 1. The Morgan fingerprint density at radius 2 is 1.73 bits per heavy atom. The number of hydrogen-bond donors (Lipinski definition) is 0. The van der Waals surface area contributed by atoms with Gasteiger partial charge in [-0.2, -0.15) is 0 Å². The normalized spacial score (nSPS) is 15.8. The SMILES string of the molecule is CCC(=O)C1CCN(C(=O)CCCOc2ccc(C(C)(C)C)cc2)CC1. The van der Waals surface area contributed by atoms with Gasteiger partial charge < -0.3 is 9.64 Å². The van der Waals surface area contributed by atoms with Gasteiger partial charge in [0.05, 0.1) is 6.61 Å². The summed E-state index contributed by atoms with van der Waals surface area (Å²) in [6, 6.07) is 8.19. The molecule has 1 heterocycles. The molecule has 1 fully saturated rings. The first kappa shape index (κ1) is 20.5. The first-order valence-corrected chi connectivity index (χ1v) is 9.85. The molecule has 0 N–H and O–H groups in total. The zero-order valence-corrected chi connectivity index (χ0v) is 16.7. The van der Waals surface area contributed by atoms with E-state index in [1.165, 1.54) is 5.56 Å². The van der Waals surface area contributed by atoms with E-state index in [9.17, 15) is 9.59 Å². The second kappa shape index (κ2) is 9.20. The molecule has 1 saturated heterocycles. The maximum Gasteiger partial charge on any atom is 0.222 e. The van der Waals surface area contributed by atoms with Gasteiger partial charge in [-0.25, -0.2) is 0 Å². The lowest BCUT2D eigenvalue weighted by Gasteiger charge is -2.31. The minimum Gasteiger partial charge on any atom is -0.494 e. The topological polar surface area (TPSA) is 46.6 Å². The third kappa shape index (κ3) is 5.86. The lowest BCUT2D eigenvalue weighted by atomic mass is 9.87. The molecule has 0 bridgehead atoms. The van der Waals surface area contributed by atoms with E-state index in [4.69, 9.17) is 4.74 Å². The minimum absolute atomic E-state index is 0.139. The Morgan fingerprint density at radius 3 is 2.27 bits per heavy atom. The van der Waals surface area contributed by atoms with E-state index in [1.807, 2.05) is 24.0 Å². The number of carbonyl (C=O) groups is 2. The van der Waals surface area contributed by atoms with E-state index in [-0.39, 0.29) is 17.2 Å². The van der Waals surface area contributed by atoms with Crippen LogP contribution in [0.2, 0.25) is 0 Å². The molecule has 1 amide bonds. The standard InChI is InChI=1S/C22H33NO3/c1-5-20(24)17-12-14-23(15-13-17)21(25)7-6-16-26-19-10-8-18(9-11-19)22(2,3)4/h8-11,17H,5-7,12-16H2,1-4H3. The van der Waals surface area contributed by atoms with E-state index in [0.717, 1.165) is 18.6 Å². The number of nitrogens with zero attached hydrogens (tertiary/aromatic N) is 1. The van der Waals surface area contributed by atoms with Crippen molar-refractivity contribution in [1.29, 1.82) is 0 Å². The summed E-state index contributed by atoms with van der Waals surface area (Å²) >= 11 is 0. The van der Waals surface area contributed by atoms with Gasteiger partial charge >= 0.3 is 0 Å². The number of carbonyl (C=O) groups excluding carboxylic acids is 2. The van der Waals surface area contributed by atoms with Gasteiger partial charge in [0.2, 0.25) is 5.91 Å². The van der Waals surface area contributed by atoms with E-state index < -0.39 is 0 Å². The fourth-order valence-electron chi connectivity index (χ4n) is 3.36. The molecular formula is C22H33NO3. The smallest absolute Gasteiger partial charge is 0.222 e. The molecule has 0 aliphatic carbocycles. The summed E-state index contributed by atoms with van der Waals surface area (Å²) in [5.74, 6) is 1.52. The zero-order valence-electron chi connectivity index (χ0n) is 16.7. The van der Waals surface area contributed by atoms with Crippen molar-refractivity contribution in [3.8, 4) is 5.75 Å². The van der Waals surface area contributed by atoms with Crippen molar-refractivity contribution in [3.63, 3.8) is 0 Å². The third-order valence-corrected chi connectivity index (χ3v) is 5.18. The number of hydrogen-bond acceptors (Lipinski definition) is 3. The highest BCUT2D eigenvalue weighted by Gasteiger charge is 2.25. The Hall–Kier alpha value is -1.84. The predicted octanol–water partition coefficient (Wildman–Crippen LogP) is 4.36. The van der Waals surface area contributed by atoms with Crippen molar-refractivity contribution in [3.05, 3.63) is 29.8 Å². The van der Waals surface area contributed by atoms with Crippen molar-refractivity contribution in [2.45, 2.75) is 65.2 Å². The first-order valence-electron chi connectivity index (χ1n) is 9.85. The van der Waals surface area contributed by atoms with Gasteiger partial charge in [0, 0.05) is 31.8 Å².